The van der Waals surface area contributed by atoms with Gasteiger partial charge in [-0.25, -0.2) is 4.79 Å². The van der Waals surface area contributed by atoms with Crippen LogP contribution in [0.2, 0.25) is 0 Å². The van der Waals surface area contributed by atoms with Crippen LogP contribution in [-0.2, 0) is 14.5 Å². The fraction of sp³-hybridized carbons (Fsp3) is 0.952. The Morgan fingerprint density at radius 2 is 1.08 bits per heavy atom. The van der Waals surface area contributed by atoms with Gasteiger partial charge in [-0.15, -0.1) is 0 Å². The van der Waals surface area contributed by atoms with Gasteiger partial charge in [0.2, 0.25) is 0 Å². The number of hydrogen-bond donors (Lipinski definition) is 0. The Hall–Kier alpha value is -0.770. The minimum absolute atomic E-state index is 0.0165. The van der Waals surface area contributed by atoms with E-state index in [9.17, 15) is 4.79 Å². The van der Waals surface area contributed by atoms with Gasteiger partial charge in [0.25, 0.3) is 0 Å². The molecule has 4 nitrogen and oxygen atoms in total. The maximum absolute atomic E-state index is 11.9. The highest BCUT2D eigenvalue weighted by atomic mass is 17.2. The van der Waals surface area contributed by atoms with Gasteiger partial charge in [-0.3, -0.25) is 4.89 Å². The van der Waals surface area contributed by atoms with Crippen LogP contribution in [-0.4, -0.2) is 18.4 Å². The molecule has 0 aliphatic heterocycles. The van der Waals surface area contributed by atoms with Crippen molar-refractivity contribution in [1.82, 2.24) is 0 Å². The van der Waals surface area contributed by atoms with E-state index in [-0.39, 0.29) is 12.2 Å². The first kappa shape index (κ1) is 20.5. The van der Waals surface area contributed by atoms with Crippen molar-refractivity contribution in [3.63, 3.8) is 0 Å². The summed E-state index contributed by atoms with van der Waals surface area (Å²) in [5.41, 5.74) is 0.678. The zero-order valence-electron chi connectivity index (χ0n) is 17.1. The second-order valence-electron chi connectivity index (χ2n) is 10.2. The molecule has 0 heterocycles. The van der Waals surface area contributed by atoms with Gasteiger partial charge in [0.1, 0.15) is 12.2 Å². The average molecular weight is 355 g/mol. The molecule has 2 fully saturated rings. The maximum atomic E-state index is 11.9. The summed E-state index contributed by atoms with van der Waals surface area (Å²) in [6, 6.07) is 0. The third-order valence-electron chi connectivity index (χ3n) is 6.31. The lowest BCUT2D eigenvalue weighted by atomic mass is 9.72. The van der Waals surface area contributed by atoms with E-state index in [1.165, 1.54) is 0 Å². The summed E-state index contributed by atoms with van der Waals surface area (Å²) in [5, 5.41) is 0. The van der Waals surface area contributed by atoms with E-state index < -0.39 is 6.16 Å². The number of carbonyl (C=O) groups is 1. The van der Waals surface area contributed by atoms with E-state index >= 15 is 0 Å². The maximum Gasteiger partial charge on any atom is 0.540 e. The molecule has 0 aromatic rings. The Bertz CT molecular complexity index is 416. The zero-order valence-corrected chi connectivity index (χ0v) is 17.1. The Kier molecular flexibility index (Phi) is 6.80. The van der Waals surface area contributed by atoms with Crippen molar-refractivity contribution in [3.05, 3.63) is 0 Å². The van der Waals surface area contributed by atoms with Gasteiger partial charge >= 0.3 is 6.16 Å². The van der Waals surface area contributed by atoms with Crippen LogP contribution in [0.5, 0.6) is 0 Å². The molecule has 2 rings (SSSR count). The van der Waals surface area contributed by atoms with E-state index in [0.29, 0.717) is 16.7 Å². The second kappa shape index (κ2) is 8.28. The quantitative estimate of drug-likeness (QED) is 0.340. The molecule has 4 heteroatoms. The summed E-state index contributed by atoms with van der Waals surface area (Å²) in [4.78, 5) is 22.2. The molecule has 2 aliphatic rings. The topological polar surface area (TPSA) is 44.8 Å². The highest BCUT2D eigenvalue weighted by Gasteiger charge is 2.33. The molecular formula is C21H38O4. The smallest absolute Gasteiger partial charge is 0.429 e. The lowest BCUT2D eigenvalue weighted by Gasteiger charge is -2.36. The number of ether oxygens (including phenoxy) is 1. The molecule has 2 aliphatic carbocycles. The van der Waals surface area contributed by atoms with E-state index in [1.807, 2.05) is 0 Å². The van der Waals surface area contributed by atoms with Crippen molar-refractivity contribution in [2.45, 2.75) is 105 Å². The summed E-state index contributed by atoms with van der Waals surface area (Å²) >= 11 is 0. The van der Waals surface area contributed by atoms with Crippen LogP contribution in [0.15, 0.2) is 0 Å². The molecule has 0 N–H and O–H groups in total. The standard InChI is InChI=1S/C21H38O4/c1-20(2,3)15-7-11-17(12-8-15)23-19(22)25-24-18-13-9-16(10-14-18)21(4,5)6/h15-18H,7-14H2,1-6H3. The van der Waals surface area contributed by atoms with Crippen LogP contribution in [0.4, 0.5) is 4.79 Å². The van der Waals surface area contributed by atoms with Crippen LogP contribution in [0.1, 0.15) is 92.9 Å². The normalized spacial score (nSPS) is 31.4. The van der Waals surface area contributed by atoms with E-state index in [1.54, 1.807) is 0 Å². The first-order valence-corrected chi connectivity index (χ1v) is 10.1. The molecular weight excluding hydrogens is 316 g/mol. The van der Waals surface area contributed by atoms with Gasteiger partial charge in [0, 0.05) is 0 Å². The monoisotopic (exact) mass is 354 g/mol. The SMILES string of the molecule is CC(C)(C)C1CCC(OOC(=O)OC2CCC(C(C)(C)C)CC2)CC1. The molecule has 0 radical (unpaired) electrons. The number of hydrogen-bond acceptors (Lipinski definition) is 4. The van der Waals surface area contributed by atoms with Gasteiger partial charge in [-0.2, -0.15) is 4.89 Å². The Balaban J connectivity index is 1.62. The summed E-state index contributed by atoms with van der Waals surface area (Å²) in [6.45, 7) is 13.7. The third kappa shape index (κ3) is 6.47. The van der Waals surface area contributed by atoms with E-state index in [0.717, 1.165) is 57.3 Å². The molecule has 0 saturated heterocycles. The lowest BCUT2D eigenvalue weighted by molar-refractivity contribution is -0.295. The van der Waals surface area contributed by atoms with E-state index in [4.69, 9.17) is 14.5 Å². The molecule has 146 valence electrons. The predicted molar refractivity (Wildman–Crippen MR) is 99.1 cm³/mol. The Labute approximate surface area is 153 Å². The van der Waals surface area contributed by atoms with Crippen molar-refractivity contribution in [2.24, 2.45) is 22.7 Å². The minimum atomic E-state index is -0.669. The van der Waals surface area contributed by atoms with Crippen LogP contribution in [0.3, 0.4) is 0 Å². The Morgan fingerprint density at radius 3 is 1.48 bits per heavy atom. The largest absolute Gasteiger partial charge is 0.540 e. The molecule has 0 spiro atoms. The highest BCUT2D eigenvalue weighted by molar-refractivity contribution is 5.59. The molecule has 0 aromatic heterocycles. The van der Waals surface area contributed by atoms with Crippen molar-refractivity contribution >= 4 is 6.16 Å². The molecule has 25 heavy (non-hydrogen) atoms. The number of rotatable bonds is 3. The first-order chi connectivity index (χ1) is 11.6. The van der Waals surface area contributed by atoms with Gasteiger partial charge < -0.3 is 4.74 Å². The second-order valence-corrected chi connectivity index (χ2v) is 10.2. The molecule has 2 saturated carbocycles. The van der Waals surface area contributed by atoms with Gasteiger partial charge in [0.15, 0.2) is 0 Å². The van der Waals surface area contributed by atoms with Crippen molar-refractivity contribution in [3.8, 4) is 0 Å². The third-order valence-corrected chi connectivity index (χ3v) is 6.31. The zero-order chi connectivity index (χ0) is 18.7. The highest BCUT2D eigenvalue weighted by Crippen LogP contribution is 2.39. The van der Waals surface area contributed by atoms with Crippen LogP contribution >= 0.6 is 0 Å². The van der Waals surface area contributed by atoms with Crippen LogP contribution in [0.25, 0.3) is 0 Å². The number of carbonyl (C=O) groups excluding carboxylic acids is 1. The summed E-state index contributed by atoms with van der Waals surface area (Å²) in [7, 11) is 0. The molecule has 0 atom stereocenters. The summed E-state index contributed by atoms with van der Waals surface area (Å²) < 4.78 is 5.43. The van der Waals surface area contributed by atoms with Crippen LogP contribution < -0.4 is 0 Å². The van der Waals surface area contributed by atoms with Crippen LogP contribution in [0, 0.1) is 22.7 Å². The predicted octanol–water partition coefficient (Wildman–Crippen LogP) is 6.28. The fourth-order valence-corrected chi connectivity index (χ4v) is 4.33. The molecule has 0 unspecified atom stereocenters. The van der Waals surface area contributed by atoms with E-state index in [2.05, 4.69) is 41.5 Å². The Morgan fingerprint density at radius 1 is 0.680 bits per heavy atom. The summed E-state index contributed by atoms with van der Waals surface area (Å²) in [6.07, 6.45) is 7.55. The molecule has 0 bridgehead atoms. The summed E-state index contributed by atoms with van der Waals surface area (Å²) in [5.74, 6) is 1.43. The lowest BCUT2D eigenvalue weighted by Crippen LogP contribution is -2.32. The fourth-order valence-electron chi connectivity index (χ4n) is 4.33. The van der Waals surface area contributed by atoms with Crippen molar-refractivity contribution < 1.29 is 19.3 Å². The molecule has 0 aromatic carbocycles. The first-order valence-electron chi connectivity index (χ1n) is 10.1. The average Bonchev–Trinajstić information content (AvgIpc) is 2.52. The molecule has 0 amide bonds. The minimum Gasteiger partial charge on any atom is -0.429 e. The van der Waals surface area contributed by atoms with Gasteiger partial charge in [0.05, 0.1) is 0 Å². The van der Waals surface area contributed by atoms with Gasteiger partial charge in [-0.05, 0) is 74.0 Å². The van der Waals surface area contributed by atoms with Gasteiger partial charge in [-0.1, -0.05) is 41.5 Å². The van der Waals surface area contributed by atoms with Crippen molar-refractivity contribution in [2.75, 3.05) is 0 Å². The van der Waals surface area contributed by atoms with Crippen molar-refractivity contribution in [1.29, 1.82) is 0 Å².